The van der Waals surface area contributed by atoms with E-state index in [0.717, 1.165) is 13.0 Å². The number of hydrogen-bond acceptors (Lipinski definition) is 2. The van der Waals surface area contributed by atoms with Gasteiger partial charge in [-0.2, -0.15) is 0 Å². The highest BCUT2D eigenvalue weighted by molar-refractivity contribution is 5.73. The Kier molecular flexibility index (Phi) is 1.58. The van der Waals surface area contributed by atoms with Crippen LogP contribution in [-0.2, 0) is 4.74 Å². The topological polar surface area (TPSA) is 29.5 Å². The smallest absolute Gasteiger partial charge is 0.414 e. The van der Waals surface area contributed by atoms with Crippen LogP contribution in [0.1, 0.15) is 27.2 Å². The number of hydrogen-bond donors (Lipinski definition) is 0. The molecule has 1 aliphatic rings. The molecule has 1 saturated heterocycles. The maximum Gasteiger partial charge on any atom is 0.414 e. The van der Waals surface area contributed by atoms with Crippen LogP contribution in [0.15, 0.2) is 0 Å². The minimum absolute atomic E-state index is 0.188. The average Bonchev–Trinajstić information content (AvgIpc) is 1.82. The maximum atomic E-state index is 10.7. The van der Waals surface area contributed by atoms with Crippen LogP contribution >= 0.6 is 0 Å². The number of cyclic esters (lactones) is 1. The fourth-order valence-electron chi connectivity index (χ4n) is 1.09. The largest absolute Gasteiger partial charge is 0.423 e. The fourth-order valence-corrected chi connectivity index (χ4v) is 1.09. The third kappa shape index (κ3) is 0.958. The van der Waals surface area contributed by atoms with Crippen molar-refractivity contribution in [3.63, 3.8) is 0 Å². The number of amides is 1. The molecule has 3 heteroatoms. The Balaban J connectivity index is 2.48. The van der Waals surface area contributed by atoms with Gasteiger partial charge in [-0.3, -0.25) is 4.90 Å². The van der Waals surface area contributed by atoms with Gasteiger partial charge in [-0.05, 0) is 20.3 Å². The van der Waals surface area contributed by atoms with Crippen LogP contribution in [0, 0.1) is 0 Å². The first-order valence-electron chi connectivity index (χ1n) is 3.58. The molecule has 0 bridgehead atoms. The van der Waals surface area contributed by atoms with E-state index < -0.39 is 0 Å². The molecule has 0 aromatic heterocycles. The Morgan fingerprint density at radius 3 is 2.40 bits per heavy atom. The molecule has 1 amide bonds. The molecule has 0 aromatic rings. The summed E-state index contributed by atoms with van der Waals surface area (Å²) in [4.78, 5) is 12.5. The minimum atomic E-state index is -0.354. The standard InChI is InChI=1S/C7H13NO2/c1-4-5-8-6(9)10-7(8,2)3/h4-5H2,1-3H3. The van der Waals surface area contributed by atoms with Crippen molar-refractivity contribution in [3.8, 4) is 0 Å². The van der Waals surface area contributed by atoms with Crippen molar-refractivity contribution in [2.75, 3.05) is 6.54 Å². The van der Waals surface area contributed by atoms with Crippen molar-refractivity contribution in [2.24, 2.45) is 0 Å². The lowest BCUT2D eigenvalue weighted by atomic mass is 10.2. The quantitative estimate of drug-likeness (QED) is 0.587. The molecule has 0 aromatic carbocycles. The summed E-state index contributed by atoms with van der Waals surface area (Å²) >= 11 is 0. The lowest BCUT2D eigenvalue weighted by Gasteiger charge is -2.46. The van der Waals surface area contributed by atoms with Crippen molar-refractivity contribution < 1.29 is 9.53 Å². The molecule has 58 valence electrons. The van der Waals surface area contributed by atoms with E-state index in [1.165, 1.54) is 0 Å². The van der Waals surface area contributed by atoms with E-state index >= 15 is 0 Å². The summed E-state index contributed by atoms with van der Waals surface area (Å²) in [5, 5.41) is 0. The minimum Gasteiger partial charge on any atom is -0.423 e. The summed E-state index contributed by atoms with van der Waals surface area (Å²) in [6, 6.07) is 0. The molecule has 0 saturated carbocycles. The van der Waals surface area contributed by atoms with Gasteiger partial charge in [-0.15, -0.1) is 0 Å². The summed E-state index contributed by atoms with van der Waals surface area (Å²) in [6.45, 7) is 6.63. The van der Waals surface area contributed by atoms with E-state index in [-0.39, 0.29) is 11.8 Å². The molecule has 1 aliphatic heterocycles. The summed E-state index contributed by atoms with van der Waals surface area (Å²) in [5.74, 6) is 0. The van der Waals surface area contributed by atoms with Crippen LogP contribution in [-0.4, -0.2) is 23.3 Å². The van der Waals surface area contributed by atoms with Gasteiger partial charge >= 0.3 is 6.09 Å². The molecule has 3 nitrogen and oxygen atoms in total. The van der Waals surface area contributed by atoms with Crippen LogP contribution in [0.25, 0.3) is 0 Å². The Morgan fingerprint density at radius 1 is 1.60 bits per heavy atom. The lowest BCUT2D eigenvalue weighted by molar-refractivity contribution is -0.161. The zero-order valence-electron chi connectivity index (χ0n) is 6.68. The van der Waals surface area contributed by atoms with Crippen molar-refractivity contribution in [3.05, 3.63) is 0 Å². The summed E-state index contributed by atoms with van der Waals surface area (Å²) in [6.07, 6.45) is 0.797. The van der Waals surface area contributed by atoms with Crippen molar-refractivity contribution >= 4 is 6.09 Å². The van der Waals surface area contributed by atoms with E-state index in [4.69, 9.17) is 4.74 Å². The van der Waals surface area contributed by atoms with E-state index in [1.807, 2.05) is 20.8 Å². The van der Waals surface area contributed by atoms with Crippen LogP contribution in [0.5, 0.6) is 0 Å². The summed E-state index contributed by atoms with van der Waals surface area (Å²) in [7, 11) is 0. The first-order valence-corrected chi connectivity index (χ1v) is 3.58. The third-order valence-corrected chi connectivity index (χ3v) is 1.65. The SMILES string of the molecule is CCCN1C(=O)OC1(C)C. The van der Waals surface area contributed by atoms with E-state index in [2.05, 4.69) is 0 Å². The fraction of sp³-hybridized carbons (Fsp3) is 0.857. The van der Waals surface area contributed by atoms with E-state index in [1.54, 1.807) is 4.90 Å². The Morgan fingerprint density at radius 2 is 2.20 bits per heavy atom. The average molecular weight is 143 g/mol. The van der Waals surface area contributed by atoms with Gasteiger partial charge in [0.1, 0.15) is 0 Å². The Hall–Kier alpha value is -0.730. The second kappa shape index (κ2) is 2.15. The third-order valence-electron chi connectivity index (χ3n) is 1.65. The lowest BCUT2D eigenvalue weighted by Crippen LogP contribution is -2.61. The number of nitrogens with zero attached hydrogens (tertiary/aromatic N) is 1. The van der Waals surface area contributed by atoms with Crippen LogP contribution in [0.2, 0.25) is 0 Å². The van der Waals surface area contributed by atoms with Gasteiger partial charge in [0.05, 0.1) is 0 Å². The zero-order chi connectivity index (χ0) is 7.78. The first kappa shape index (κ1) is 7.38. The molecule has 0 spiro atoms. The molecule has 1 heterocycles. The molecule has 0 atom stereocenters. The van der Waals surface area contributed by atoms with Crippen molar-refractivity contribution in [1.82, 2.24) is 4.90 Å². The number of rotatable bonds is 2. The Bertz CT molecular complexity index is 154. The van der Waals surface area contributed by atoms with Gasteiger partial charge in [-0.25, -0.2) is 4.79 Å². The van der Waals surface area contributed by atoms with Crippen LogP contribution < -0.4 is 0 Å². The molecule has 1 rings (SSSR count). The summed E-state index contributed by atoms with van der Waals surface area (Å²) in [5.41, 5.74) is -0.354. The van der Waals surface area contributed by atoms with Gasteiger partial charge in [0, 0.05) is 6.54 Å². The molecular formula is C7H13NO2. The van der Waals surface area contributed by atoms with Crippen LogP contribution in [0.3, 0.4) is 0 Å². The second-order valence-electron chi connectivity index (χ2n) is 2.97. The molecule has 0 unspecified atom stereocenters. The van der Waals surface area contributed by atoms with Gasteiger partial charge in [0.2, 0.25) is 0 Å². The van der Waals surface area contributed by atoms with Gasteiger partial charge < -0.3 is 4.74 Å². The predicted octanol–water partition coefficient (Wildman–Crippen LogP) is 1.58. The van der Waals surface area contributed by atoms with E-state index in [9.17, 15) is 4.79 Å². The molecule has 0 radical (unpaired) electrons. The number of carbonyl (C=O) groups is 1. The van der Waals surface area contributed by atoms with Gasteiger partial charge in [0.15, 0.2) is 5.72 Å². The number of ether oxygens (including phenoxy) is 1. The van der Waals surface area contributed by atoms with E-state index in [0.29, 0.717) is 0 Å². The van der Waals surface area contributed by atoms with Gasteiger partial charge in [-0.1, -0.05) is 6.92 Å². The van der Waals surface area contributed by atoms with Gasteiger partial charge in [0.25, 0.3) is 0 Å². The normalized spacial score (nSPS) is 21.9. The maximum absolute atomic E-state index is 10.7. The summed E-state index contributed by atoms with van der Waals surface area (Å²) < 4.78 is 4.88. The first-order chi connectivity index (χ1) is 4.58. The molecular weight excluding hydrogens is 130 g/mol. The molecule has 0 aliphatic carbocycles. The number of carbonyl (C=O) groups excluding carboxylic acids is 1. The van der Waals surface area contributed by atoms with Crippen molar-refractivity contribution in [2.45, 2.75) is 32.9 Å². The molecule has 10 heavy (non-hydrogen) atoms. The van der Waals surface area contributed by atoms with Crippen LogP contribution in [0.4, 0.5) is 4.79 Å². The Labute approximate surface area is 61.0 Å². The molecule has 0 N–H and O–H groups in total. The highest BCUT2D eigenvalue weighted by Crippen LogP contribution is 2.27. The highest BCUT2D eigenvalue weighted by atomic mass is 16.6. The second-order valence-corrected chi connectivity index (χ2v) is 2.97. The zero-order valence-corrected chi connectivity index (χ0v) is 6.68. The van der Waals surface area contributed by atoms with Crippen molar-refractivity contribution in [1.29, 1.82) is 0 Å². The predicted molar refractivity (Wildman–Crippen MR) is 37.6 cm³/mol. The molecule has 1 fully saturated rings. The monoisotopic (exact) mass is 143 g/mol. The highest BCUT2D eigenvalue weighted by Gasteiger charge is 2.44.